The summed E-state index contributed by atoms with van der Waals surface area (Å²) >= 11 is 1.46. The van der Waals surface area contributed by atoms with E-state index in [0.717, 1.165) is 12.3 Å². The van der Waals surface area contributed by atoms with Crippen LogP contribution in [0.4, 0.5) is 4.39 Å². The highest BCUT2D eigenvalue weighted by atomic mass is 32.2. The quantitative estimate of drug-likeness (QED) is 0.448. The van der Waals surface area contributed by atoms with Crippen molar-refractivity contribution >= 4 is 17.7 Å². The lowest BCUT2D eigenvalue weighted by Gasteiger charge is -2.05. The van der Waals surface area contributed by atoms with Crippen molar-refractivity contribution in [2.75, 3.05) is 25.4 Å². The van der Waals surface area contributed by atoms with Crippen molar-refractivity contribution in [1.82, 2.24) is 5.32 Å². The van der Waals surface area contributed by atoms with Crippen LogP contribution in [-0.2, 0) is 9.53 Å². The predicted octanol–water partition coefficient (Wildman–Crippen LogP) is 2.46. The van der Waals surface area contributed by atoms with E-state index in [0.29, 0.717) is 24.5 Å². The van der Waals surface area contributed by atoms with Gasteiger partial charge in [-0.3, -0.25) is 4.79 Å². The average Bonchev–Trinajstić information content (AvgIpc) is 2.36. The first-order chi connectivity index (χ1) is 8.74. The molecular weight excluding hydrogens is 253 g/mol. The monoisotopic (exact) mass is 271 g/mol. The maximum atomic E-state index is 13.3. The van der Waals surface area contributed by atoms with Crippen molar-refractivity contribution in [3.05, 3.63) is 30.1 Å². The first-order valence-corrected chi connectivity index (χ1v) is 6.96. The molecule has 0 aromatic heterocycles. The van der Waals surface area contributed by atoms with Crippen LogP contribution in [0.15, 0.2) is 29.2 Å². The van der Waals surface area contributed by atoms with E-state index in [-0.39, 0.29) is 11.8 Å². The lowest BCUT2D eigenvalue weighted by atomic mass is 10.3. The van der Waals surface area contributed by atoms with E-state index in [9.17, 15) is 9.18 Å². The fraction of sp³-hybridized carbons (Fsp3) is 0.462. The van der Waals surface area contributed by atoms with Crippen LogP contribution in [0.2, 0.25) is 0 Å². The molecule has 0 unspecified atom stereocenters. The van der Waals surface area contributed by atoms with E-state index in [4.69, 9.17) is 4.74 Å². The van der Waals surface area contributed by atoms with Crippen molar-refractivity contribution < 1.29 is 13.9 Å². The minimum Gasteiger partial charge on any atom is -0.466 e. The third kappa shape index (κ3) is 6.02. The Bertz CT molecular complexity index is 374. The smallest absolute Gasteiger partial charge is 0.307 e. The Morgan fingerprint density at radius 2 is 2.17 bits per heavy atom. The SMILES string of the molecule is CCOC(=O)CCNCCSc1ccccc1F. The summed E-state index contributed by atoms with van der Waals surface area (Å²) in [6.07, 6.45) is 0.373. The number of nitrogens with one attached hydrogen (secondary N) is 1. The number of esters is 1. The minimum absolute atomic E-state index is 0.186. The molecule has 0 saturated carbocycles. The lowest BCUT2D eigenvalue weighted by molar-refractivity contribution is -0.142. The highest BCUT2D eigenvalue weighted by Crippen LogP contribution is 2.20. The van der Waals surface area contributed by atoms with Gasteiger partial charge >= 0.3 is 5.97 Å². The summed E-state index contributed by atoms with van der Waals surface area (Å²) < 4.78 is 18.1. The number of benzene rings is 1. The van der Waals surface area contributed by atoms with E-state index in [1.807, 2.05) is 6.07 Å². The number of halogens is 1. The molecule has 0 bridgehead atoms. The molecule has 100 valence electrons. The Kier molecular flexibility index (Phi) is 7.44. The third-order valence-electron chi connectivity index (χ3n) is 2.18. The number of ether oxygens (including phenoxy) is 1. The van der Waals surface area contributed by atoms with Crippen LogP contribution < -0.4 is 5.32 Å². The Morgan fingerprint density at radius 3 is 2.89 bits per heavy atom. The van der Waals surface area contributed by atoms with E-state index in [1.54, 1.807) is 19.1 Å². The summed E-state index contributed by atoms with van der Waals surface area (Å²) in [4.78, 5) is 11.7. The van der Waals surface area contributed by atoms with Gasteiger partial charge in [0.2, 0.25) is 0 Å². The van der Waals surface area contributed by atoms with Gasteiger partial charge in [-0.2, -0.15) is 0 Å². The van der Waals surface area contributed by atoms with Crippen molar-refractivity contribution in [1.29, 1.82) is 0 Å². The van der Waals surface area contributed by atoms with Crippen molar-refractivity contribution in [2.24, 2.45) is 0 Å². The molecule has 3 nitrogen and oxygen atoms in total. The van der Waals surface area contributed by atoms with Crippen molar-refractivity contribution in [2.45, 2.75) is 18.2 Å². The van der Waals surface area contributed by atoms with Crippen molar-refractivity contribution in [3.8, 4) is 0 Å². The Morgan fingerprint density at radius 1 is 1.39 bits per heavy atom. The van der Waals surface area contributed by atoms with Crippen molar-refractivity contribution in [3.63, 3.8) is 0 Å². The van der Waals surface area contributed by atoms with Crippen LogP contribution in [0.1, 0.15) is 13.3 Å². The molecule has 0 aliphatic rings. The molecule has 0 radical (unpaired) electrons. The minimum atomic E-state index is -0.188. The van der Waals surface area contributed by atoms with Crippen LogP contribution in [0.3, 0.4) is 0 Å². The van der Waals surface area contributed by atoms with Crippen LogP contribution in [0.25, 0.3) is 0 Å². The first kappa shape index (κ1) is 15.0. The summed E-state index contributed by atoms with van der Waals surface area (Å²) in [6.45, 7) is 3.54. The van der Waals surface area contributed by atoms with E-state index in [2.05, 4.69) is 5.32 Å². The van der Waals surface area contributed by atoms with Gasteiger partial charge in [-0.15, -0.1) is 11.8 Å². The number of thioether (sulfide) groups is 1. The van der Waals surface area contributed by atoms with Gasteiger partial charge in [-0.1, -0.05) is 12.1 Å². The fourth-order valence-corrected chi connectivity index (χ4v) is 2.19. The molecular formula is C13H18FNO2S. The zero-order valence-electron chi connectivity index (χ0n) is 10.4. The maximum Gasteiger partial charge on any atom is 0.307 e. The Hall–Kier alpha value is -1.07. The third-order valence-corrected chi connectivity index (χ3v) is 3.23. The normalized spacial score (nSPS) is 10.3. The van der Waals surface area contributed by atoms with E-state index in [1.165, 1.54) is 17.8 Å². The van der Waals surface area contributed by atoms with Crippen LogP contribution in [-0.4, -0.2) is 31.4 Å². The van der Waals surface area contributed by atoms with Gasteiger partial charge in [0.05, 0.1) is 13.0 Å². The van der Waals surface area contributed by atoms with Gasteiger partial charge in [-0.05, 0) is 19.1 Å². The zero-order valence-corrected chi connectivity index (χ0v) is 11.3. The van der Waals surface area contributed by atoms with Gasteiger partial charge in [0.1, 0.15) is 5.82 Å². The molecule has 0 aliphatic carbocycles. The topological polar surface area (TPSA) is 38.3 Å². The molecule has 0 saturated heterocycles. The molecule has 0 atom stereocenters. The molecule has 1 rings (SSSR count). The first-order valence-electron chi connectivity index (χ1n) is 5.97. The predicted molar refractivity (Wildman–Crippen MR) is 71.2 cm³/mol. The van der Waals surface area contributed by atoms with E-state index < -0.39 is 0 Å². The summed E-state index contributed by atoms with van der Waals surface area (Å²) in [6, 6.07) is 6.71. The second kappa shape index (κ2) is 8.94. The van der Waals surface area contributed by atoms with Gasteiger partial charge in [0.25, 0.3) is 0 Å². The highest BCUT2D eigenvalue weighted by molar-refractivity contribution is 7.99. The second-order valence-corrected chi connectivity index (χ2v) is 4.72. The summed E-state index contributed by atoms with van der Waals surface area (Å²) in [5, 5.41) is 3.12. The van der Waals surface area contributed by atoms with Gasteiger partial charge in [-0.25, -0.2) is 4.39 Å². The largest absolute Gasteiger partial charge is 0.466 e. The molecule has 0 spiro atoms. The van der Waals surface area contributed by atoms with Gasteiger partial charge in [0.15, 0.2) is 0 Å². The fourth-order valence-electron chi connectivity index (χ4n) is 1.34. The molecule has 0 amide bonds. The standard InChI is InChI=1S/C13H18FNO2S/c1-2-17-13(16)7-8-15-9-10-18-12-6-4-3-5-11(12)14/h3-6,15H,2,7-10H2,1H3. The zero-order chi connectivity index (χ0) is 13.2. The molecule has 1 aromatic carbocycles. The van der Waals surface area contributed by atoms with Gasteiger partial charge < -0.3 is 10.1 Å². The van der Waals surface area contributed by atoms with Crippen LogP contribution >= 0.6 is 11.8 Å². The summed E-state index contributed by atoms with van der Waals surface area (Å²) in [5.74, 6) is 0.393. The Labute approximate surface area is 111 Å². The Balaban J connectivity index is 2.06. The number of rotatable bonds is 8. The highest BCUT2D eigenvalue weighted by Gasteiger charge is 2.02. The summed E-state index contributed by atoms with van der Waals surface area (Å²) in [7, 11) is 0. The van der Waals surface area contributed by atoms with Gasteiger partial charge in [0, 0.05) is 23.7 Å². The van der Waals surface area contributed by atoms with Crippen LogP contribution in [0.5, 0.6) is 0 Å². The lowest BCUT2D eigenvalue weighted by Crippen LogP contribution is -2.21. The van der Waals surface area contributed by atoms with Crippen LogP contribution in [0, 0.1) is 5.82 Å². The summed E-state index contributed by atoms with van der Waals surface area (Å²) in [5.41, 5.74) is 0. The molecule has 0 heterocycles. The second-order valence-electron chi connectivity index (χ2n) is 3.58. The number of hydrogen-bond acceptors (Lipinski definition) is 4. The molecule has 1 aromatic rings. The molecule has 18 heavy (non-hydrogen) atoms. The average molecular weight is 271 g/mol. The molecule has 0 fully saturated rings. The van der Waals surface area contributed by atoms with E-state index >= 15 is 0 Å². The molecule has 0 aliphatic heterocycles. The molecule has 1 N–H and O–H groups in total. The number of carbonyl (C=O) groups excluding carboxylic acids is 1. The molecule has 5 heteroatoms. The number of hydrogen-bond donors (Lipinski definition) is 1. The number of carbonyl (C=O) groups is 1. The maximum absolute atomic E-state index is 13.3.